The van der Waals surface area contributed by atoms with Crippen LogP contribution in [0.3, 0.4) is 0 Å². The van der Waals surface area contributed by atoms with Crippen LogP contribution in [0, 0.1) is 18.6 Å². The Labute approximate surface area is 125 Å². The van der Waals surface area contributed by atoms with Crippen molar-refractivity contribution in [3.8, 4) is 0 Å². The second kappa shape index (κ2) is 6.06. The van der Waals surface area contributed by atoms with Gasteiger partial charge in [0.05, 0.1) is 6.04 Å². The molecule has 0 bridgehead atoms. The van der Waals surface area contributed by atoms with Crippen molar-refractivity contribution in [2.24, 2.45) is 5.84 Å². The Balaban J connectivity index is 2.61. The summed E-state index contributed by atoms with van der Waals surface area (Å²) in [6.07, 6.45) is 0. The van der Waals surface area contributed by atoms with Gasteiger partial charge in [-0.1, -0.05) is 29.3 Å². The Bertz CT molecular complexity index is 627. The van der Waals surface area contributed by atoms with Crippen LogP contribution in [-0.4, -0.2) is 0 Å². The van der Waals surface area contributed by atoms with Gasteiger partial charge in [0, 0.05) is 15.6 Å². The van der Waals surface area contributed by atoms with Gasteiger partial charge < -0.3 is 0 Å². The maximum atomic E-state index is 14.2. The van der Waals surface area contributed by atoms with Gasteiger partial charge in [0.25, 0.3) is 0 Å². The van der Waals surface area contributed by atoms with Gasteiger partial charge in [-0.05, 0) is 42.3 Å². The van der Waals surface area contributed by atoms with E-state index in [4.69, 9.17) is 29.0 Å². The highest BCUT2D eigenvalue weighted by Crippen LogP contribution is 2.31. The zero-order valence-electron chi connectivity index (χ0n) is 10.6. The van der Waals surface area contributed by atoms with Crippen LogP contribution in [0.5, 0.6) is 0 Å². The zero-order valence-corrected chi connectivity index (χ0v) is 12.1. The summed E-state index contributed by atoms with van der Waals surface area (Å²) < 4.78 is 28.1. The molecule has 6 heteroatoms. The number of benzene rings is 2. The minimum atomic E-state index is -0.883. The van der Waals surface area contributed by atoms with Crippen molar-refractivity contribution in [3.63, 3.8) is 0 Å². The van der Waals surface area contributed by atoms with Gasteiger partial charge in [-0.2, -0.15) is 0 Å². The van der Waals surface area contributed by atoms with E-state index in [2.05, 4.69) is 5.43 Å². The van der Waals surface area contributed by atoms with Crippen LogP contribution < -0.4 is 11.3 Å². The number of nitrogens with one attached hydrogen (secondary N) is 1. The van der Waals surface area contributed by atoms with E-state index in [0.29, 0.717) is 21.2 Å². The first-order valence-electron chi connectivity index (χ1n) is 5.80. The Hall–Kier alpha value is -1.20. The maximum absolute atomic E-state index is 14.2. The molecule has 2 rings (SSSR count). The molecule has 2 nitrogen and oxygen atoms in total. The van der Waals surface area contributed by atoms with E-state index in [0.717, 1.165) is 0 Å². The van der Waals surface area contributed by atoms with E-state index in [1.54, 1.807) is 19.1 Å². The Morgan fingerprint density at radius 3 is 2.25 bits per heavy atom. The normalized spacial score (nSPS) is 12.5. The molecule has 0 aliphatic heterocycles. The largest absolute Gasteiger partial charge is 0.271 e. The summed E-state index contributed by atoms with van der Waals surface area (Å²) in [6, 6.07) is 6.32. The van der Waals surface area contributed by atoms with Gasteiger partial charge in [-0.15, -0.1) is 0 Å². The molecule has 2 aromatic carbocycles. The summed E-state index contributed by atoms with van der Waals surface area (Å²) in [5, 5.41) is 0.724. The molecule has 0 aliphatic rings. The summed E-state index contributed by atoms with van der Waals surface area (Å²) in [5.41, 5.74) is 3.05. The van der Waals surface area contributed by atoms with Crippen molar-refractivity contribution >= 4 is 23.2 Å². The molecule has 0 heterocycles. The first-order valence-corrected chi connectivity index (χ1v) is 6.56. The Morgan fingerprint density at radius 1 is 1.10 bits per heavy atom. The summed E-state index contributed by atoms with van der Waals surface area (Å²) in [5.74, 6) is 4.12. The van der Waals surface area contributed by atoms with Crippen LogP contribution >= 0.6 is 23.2 Å². The molecule has 0 spiro atoms. The fourth-order valence-corrected chi connectivity index (χ4v) is 2.57. The van der Waals surface area contributed by atoms with Crippen LogP contribution in [0.15, 0.2) is 30.3 Å². The predicted molar refractivity (Wildman–Crippen MR) is 76.7 cm³/mol. The summed E-state index contributed by atoms with van der Waals surface area (Å²) >= 11 is 11.8. The van der Waals surface area contributed by atoms with Crippen LogP contribution in [0.25, 0.3) is 0 Å². The minimum absolute atomic E-state index is 0.161. The lowest BCUT2D eigenvalue weighted by atomic mass is 9.96. The molecule has 1 atom stereocenters. The Morgan fingerprint density at radius 2 is 1.70 bits per heavy atom. The molecule has 106 valence electrons. The van der Waals surface area contributed by atoms with Gasteiger partial charge >= 0.3 is 0 Å². The molecular formula is C14H12Cl2F2N2. The first-order chi connectivity index (χ1) is 9.43. The van der Waals surface area contributed by atoms with Crippen molar-refractivity contribution in [3.05, 3.63) is 68.7 Å². The molecule has 1 unspecified atom stereocenters. The summed E-state index contributed by atoms with van der Waals surface area (Å²) in [7, 11) is 0. The van der Waals surface area contributed by atoms with Crippen LogP contribution in [0.2, 0.25) is 10.0 Å². The number of aryl methyl sites for hydroxylation is 1. The number of rotatable bonds is 3. The highest BCUT2D eigenvalue weighted by atomic mass is 35.5. The molecule has 0 amide bonds. The third-order valence-electron chi connectivity index (χ3n) is 2.99. The topological polar surface area (TPSA) is 38.0 Å². The van der Waals surface area contributed by atoms with Crippen LogP contribution in [-0.2, 0) is 0 Å². The third kappa shape index (κ3) is 2.94. The highest BCUT2D eigenvalue weighted by Gasteiger charge is 2.22. The lowest BCUT2D eigenvalue weighted by molar-refractivity contribution is 0.506. The molecule has 0 saturated carbocycles. The quantitative estimate of drug-likeness (QED) is 0.660. The van der Waals surface area contributed by atoms with Crippen molar-refractivity contribution in [1.82, 2.24) is 5.43 Å². The van der Waals surface area contributed by atoms with E-state index in [-0.39, 0.29) is 5.56 Å². The predicted octanol–water partition coefficient (Wildman–Crippen LogP) is 4.13. The van der Waals surface area contributed by atoms with Crippen molar-refractivity contribution in [2.75, 3.05) is 0 Å². The Kier molecular flexibility index (Phi) is 4.60. The van der Waals surface area contributed by atoms with Crippen molar-refractivity contribution in [2.45, 2.75) is 13.0 Å². The minimum Gasteiger partial charge on any atom is -0.271 e. The molecule has 3 N–H and O–H groups in total. The van der Waals surface area contributed by atoms with Gasteiger partial charge in [-0.25, -0.2) is 14.2 Å². The monoisotopic (exact) mass is 316 g/mol. The molecule has 0 aromatic heterocycles. The average molecular weight is 317 g/mol. The van der Waals surface area contributed by atoms with Gasteiger partial charge in [-0.3, -0.25) is 5.84 Å². The fourth-order valence-electron chi connectivity index (χ4n) is 2.03. The van der Waals surface area contributed by atoms with Crippen LogP contribution in [0.4, 0.5) is 8.78 Å². The van der Waals surface area contributed by atoms with Gasteiger partial charge in [0.2, 0.25) is 0 Å². The van der Waals surface area contributed by atoms with Gasteiger partial charge in [0.15, 0.2) is 0 Å². The average Bonchev–Trinajstić information content (AvgIpc) is 2.38. The van der Waals surface area contributed by atoms with Gasteiger partial charge in [0.1, 0.15) is 11.6 Å². The second-order valence-corrected chi connectivity index (χ2v) is 5.27. The number of nitrogens with two attached hydrogens (primary N) is 1. The van der Waals surface area contributed by atoms with E-state index < -0.39 is 17.7 Å². The summed E-state index contributed by atoms with van der Waals surface area (Å²) in [4.78, 5) is 0. The molecule has 20 heavy (non-hydrogen) atoms. The van der Waals surface area contributed by atoms with E-state index in [9.17, 15) is 8.78 Å². The number of hydrazine groups is 1. The van der Waals surface area contributed by atoms with E-state index in [1.165, 1.54) is 18.2 Å². The smallest absolute Gasteiger partial charge is 0.134 e. The molecule has 2 aromatic rings. The molecule has 0 fully saturated rings. The number of hydrogen-bond acceptors (Lipinski definition) is 2. The molecule has 0 saturated heterocycles. The second-order valence-electron chi connectivity index (χ2n) is 4.39. The fraction of sp³-hybridized carbons (Fsp3) is 0.143. The van der Waals surface area contributed by atoms with Crippen molar-refractivity contribution < 1.29 is 8.78 Å². The molecule has 0 aliphatic carbocycles. The lowest BCUT2D eigenvalue weighted by Crippen LogP contribution is -2.30. The zero-order chi connectivity index (χ0) is 14.9. The lowest BCUT2D eigenvalue weighted by Gasteiger charge is -2.19. The van der Waals surface area contributed by atoms with E-state index >= 15 is 0 Å². The highest BCUT2D eigenvalue weighted by molar-refractivity contribution is 6.34. The summed E-state index contributed by atoms with van der Waals surface area (Å²) in [6.45, 7) is 1.55. The van der Waals surface area contributed by atoms with E-state index in [1.807, 2.05) is 0 Å². The van der Waals surface area contributed by atoms with Crippen molar-refractivity contribution in [1.29, 1.82) is 0 Å². The third-order valence-corrected chi connectivity index (χ3v) is 3.43. The van der Waals surface area contributed by atoms with Crippen LogP contribution in [0.1, 0.15) is 22.7 Å². The number of halogens is 4. The SMILES string of the molecule is Cc1ccc(F)c(C(NN)c2cc(Cl)cc(Cl)c2)c1F. The standard InChI is InChI=1S/C14H12Cl2F2N2/c1-7-2-3-11(17)12(13(7)18)14(20-19)8-4-9(15)6-10(16)5-8/h2-6,14,20H,19H2,1H3. The number of hydrogen-bond donors (Lipinski definition) is 2. The molecule has 0 radical (unpaired) electrons. The first kappa shape index (κ1) is 15.2. The molecular weight excluding hydrogens is 305 g/mol. The maximum Gasteiger partial charge on any atom is 0.134 e.